The zero-order valence-electron chi connectivity index (χ0n) is 21.1. The highest BCUT2D eigenvalue weighted by Crippen LogP contribution is 2.67. The van der Waals surface area contributed by atoms with Gasteiger partial charge in [0.2, 0.25) is 0 Å². The number of carbonyl (C=O) groups is 1. The summed E-state index contributed by atoms with van der Waals surface area (Å²) in [6, 6.07) is 8.93. The number of hydrogen-bond donors (Lipinski definition) is 2. The molecule has 2 saturated carbocycles. The van der Waals surface area contributed by atoms with E-state index in [1.54, 1.807) is 11.6 Å². The minimum absolute atomic E-state index is 0.0452. The van der Waals surface area contributed by atoms with Gasteiger partial charge in [-0.05, 0) is 84.8 Å². The normalized spacial score (nSPS) is 37.4. The van der Waals surface area contributed by atoms with E-state index in [-0.39, 0.29) is 23.7 Å². The zero-order chi connectivity index (χ0) is 24.3. The first-order chi connectivity index (χ1) is 16.2. The van der Waals surface area contributed by atoms with Crippen LogP contribution in [0.25, 0.3) is 0 Å². The molecule has 182 valence electrons. The van der Waals surface area contributed by atoms with Gasteiger partial charge in [0.1, 0.15) is 0 Å². The topological polar surface area (TPSA) is 60.8 Å². The molecule has 0 unspecified atom stereocenters. The van der Waals surface area contributed by atoms with Crippen LogP contribution >= 0.6 is 0 Å². The van der Waals surface area contributed by atoms with Crippen LogP contribution in [-0.2, 0) is 4.79 Å². The van der Waals surface area contributed by atoms with Crippen molar-refractivity contribution < 1.29 is 15.0 Å². The van der Waals surface area contributed by atoms with Gasteiger partial charge in [-0.1, -0.05) is 43.7 Å². The molecule has 5 rings (SSSR count). The smallest absolute Gasteiger partial charge is 0.156 e. The Bertz CT molecular complexity index is 1070. The second-order valence-electron chi connectivity index (χ2n) is 11.6. The van der Waals surface area contributed by atoms with E-state index < -0.39 is 5.60 Å². The van der Waals surface area contributed by atoms with E-state index in [1.165, 1.54) is 22.4 Å². The Kier molecular flexibility index (Phi) is 5.89. The van der Waals surface area contributed by atoms with Crippen LogP contribution in [-0.4, -0.2) is 42.3 Å². The number of fused-ring (bicyclic) bond motifs is 4. The predicted molar refractivity (Wildman–Crippen MR) is 137 cm³/mol. The Morgan fingerprint density at radius 2 is 1.91 bits per heavy atom. The highest BCUT2D eigenvalue weighted by atomic mass is 16.3. The summed E-state index contributed by atoms with van der Waals surface area (Å²) in [7, 11) is 4.12. The fourth-order valence-corrected chi connectivity index (χ4v) is 7.82. The lowest BCUT2D eigenvalue weighted by atomic mass is 9.50. The zero-order valence-corrected chi connectivity index (χ0v) is 21.1. The predicted octanol–water partition coefficient (Wildman–Crippen LogP) is 5.18. The minimum Gasteiger partial charge on any atom is -0.392 e. The van der Waals surface area contributed by atoms with Crippen LogP contribution in [0, 0.1) is 23.2 Å². The summed E-state index contributed by atoms with van der Waals surface area (Å²) in [6.45, 7) is 4.52. The Morgan fingerprint density at radius 3 is 2.59 bits per heavy atom. The van der Waals surface area contributed by atoms with Crippen LogP contribution in [0.2, 0.25) is 0 Å². The van der Waals surface area contributed by atoms with E-state index in [9.17, 15) is 15.0 Å². The van der Waals surface area contributed by atoms with Crippen molar-refractivity contribution in [1.29, 1.82) is 0 Å². The number of hydrogen-bond acceptors (Lipinski definition) is 4. The lowest BCUT2D eigenvalue weighted by Crippen LogP contribution is -2.51. The highest BCUT2D eigenvalue weighted by molar-refractivity contribution is 5.93. The average molecular weight is 462 g/mol. The molecule has 0 aromatic heterocycles. The maximum atomic E-state index is 12.3. The molecule has 4 aliphatic rings. The summed E-state index contributed by atoms with van der Waals surface area (Å²) in [6.07, 6.45) is 10.7. The fourth-order valence-electron chi connectivity index (χ4n) is 7.82. The maximum Gasteiger partial charge on any atom is 0.156 e. The molecule has 0 amide bonds. The van der Waals surface area contributed by atoms with E-state index in [0.717, 1.165) is 32.1 Å². The van der Waals surface area contributed by atoms with Gasteiger partial charge in [-0.2, -0.15) is 0 Å². The molecule has 0 saturated heterocycles. The largest absolute Gasteiger partial charge is 0.392 e. The number of benzene rings is 1. The molecule has 0 radical (unpaired) electrons. The summed E-state index contributed by atoms with van der Waals surface area (Å²) in [5.74, 6) is 1.69. The van der Waals surface area contributed by atoms with Crippen LogP contribution in [0.15, 0.2) is 59.2 Å². The number of aliphatic hydroxyl groups is 2. The van der Waals surface area contributed by atoms with E-state index in [1.807, 2.05) is 12.2 Å². The first kappa shape index (κ1) is 23.6. The van der Waals surface area contributed by atoms with Crippen molar-refractivity contribution in [3.05, 3.63) is 64.8 Å². The van der Waals surface area contributed by atoms with Crippen LogP contribution in [0.3, 0.4) is 0 Å². The van der Waals surface area contributed by atoms with E-state index in [4.69, 9.17) is 0 Å². The monoisotopic (exact) mass is 461 g/mol. The Morgan fingerprint density at radius 1 is 1.18 bits per heavy atom. The molecule has 2 N–H and O–H groups in total. The molecule has 0 bridgehead atoms. The molecule has 4 nitrogen and oxygen atoms in total. The molecule has 1 aromatic carbocycles. The molecule has 2 fully saturated rings. The maximum absolute atomic E-state index is 12.3. The van der Waals surface area contributed by atoms with Crippen molar-refractivity contribution in [2.24, 2.45) is 23.2 Å². The van der Waals surface area contributed by atoms with E-state index >= 15 is 0 Å². The molecular weight excluding hydrogens is 422 g/mol. The molecule has 6 atom stereocenters. The standard InChI is InChI=1S/C30H39NO3/c1-19-16-25-27-12-14-30(34,13-5-15-32)29(27,2)18-26(20-6-8-21(9-7-20)31(3)4)28(25)23-11-10-22(33)17-24(19)23/h5-9,13,17,19,25-27,32,34H,10-12,14-16,18H2,1-4H3/b13-5-/t19-,25+,26-,27+,29+,30+/m1/s1. The number of anilines is 1. The lowest BCUT2D eigenvalue weighted by Gasteiger charge is -2.55. The minimum atomic E-state index is -0.902. The summed E-state index contributed by atoms with van der Waals surface area (Å²) in [4.78, 5) is 14.5. The molecule has 4 heteroatoms. The molecule has 0 heterocycles. The molecule has 1 aromatic rings. The number of aliphatic hydroxyl groups excluding tert-OH is 1. The lowest BCUT2D eigenvalue weighted by molar-refractivity contribution is -0.114. The van der Waals surface area contributed by atoms with Crippen molar-refractivity contribution in [2.45, 2.75) is 63.9 Å². The third kappa shape index (κ3) is 3.53. The van der Waals surface area contributed by atoms with Crippen LogP contribution in [0.4, 0.5) is 5.69 Å². The first-order valence-corrected chi connectivity index (χ1v) is 12.9. The Labute approximate surface area is 204 Å². The Hall–Kier alpha value is -2.17. The van der Waals surface area contributed by atoms with Gasteiger partial charge in [0.15, 0.2) is 5.78 Å². The highest BCUT2D eigenvalue weighted by Gasteiger charge is 2.62. The van der Waals surface area contributed by atoms with Crippen molar-refractivity contribution in [2.75, 3.05) is 25.6 Å². The van der Waals surface area contributed by atoms with E-state index in [2.05, 4.69) is 57.1 Å². The van der Waals surface area contributed by atoms with Crippen molar-refractivity contribution in [3.8, 4) is 0 Å². The SMILES string of the molecule is C[C@@H]1C[C@@H]2C(=C3CCC(=O)C=C31)[C@@H](c1ccc(N(C)C)cc1)C[C@@]1(C)[C@H]2CC[C@@]1(O)/C=C\CO. The summed E-state index contributed by atoms with van der Waals surface area (Å²) in [5.41, 5.74) is 5.59. The fraction of sp³-hybridized carbons (Fsp3) is 0.567. The summed E-state index contributed by atoms with van der Waals surface area (Å²) < 4.78 is 0. The van der Waals surface area contributed by atoms with Crippen LogP contribution < -0.4 is 4.90 Å². The average Bonchev–Trinajstić information content (AvgIpc) is 3.08. The van der Waals surface area contributed by atoms with Gasteiger partial charge in [-0.25, -0.2) is 0 Å². The number of nitrogens with zero attached hydrogens (tertiary/aromatic N) is 1. The van der Waals surface area contributed by atoms with Crippen molar-refractivity contribution >= 4 is 11.5 Å². The van der Waals surface area contributed by atoms with Gasteiger partial charge in [0.05, 0.1) is 12.2 Å². The second kappa shape index (κ2) is 8.49. The van der Waals surface area contributed by atoms with Gasteiger partial charge in [0, 0.05) is 37.5 Å². The van der Waals surface area contributed by atoms with Crippen LogP contribution in [0.1, 0.15) is 63.9 Å². The first-order valence-electron chi connectivity index (χ1n) is 12.9. The molecule has 0 aliphatic heterocycles. The Balaban J connectivity index is 1.67. The quantitative estimate of drug-likeness (QED) is 0.607. The number of allylic oxidation sites excluding steroid dienone is 4. The van der Waals surface area contributed by atoms with Crippen molar-refractivity contribution in [3.63, 3.8) is 0 Å². The van der Waals surface area contributed by atoms with E-state index in [0.29, 0.717) is 24.2 Å². The van der Waals surface area contributed by atoms with Gasteiger partial charge in [0.25, 0.3) is 0 Å². The number of rotatable bonds is 4. The number of carbonyl (C=O) groups excluding carboxylic acids is 1. The molecule has 34 heavy (non-hydrogen) atoms. The summed E-state index contributed by atoms with van der Waals surface area (Å²) in [5, 5.41) is 21.4. The van der Waals surface area contributed by atoms with Gasteiger partial charge < -0.3 is 15.1 Å². The molecular formula is C30H39NO3. The van der Waals surface area contributed by atoms with Gasteiger partial charge in [-0.3, -0.25) is 4.79 Å². The third-order valence-corrected chi connectivity index (χ3v) is 9.62. The third-order valence-electron chi connectivity index (χ3n) is 9.62. The number of ketones is 1. The van der Waals surface area contributed by atoms with Gasteiger partial charge >= 0.3 is 0 Å². The second-order valence-corrected chi connectivity index (χ2v) is 11.6. The molecule has 0 spiro atoms. The molecule has 4 aliphatic carbocycles. The van der Waals surface area contributed by atoms with Crippen molar-refractivity contribution in [1.82, 2.24) is 0 Å². The van der Waals surface area contributed by atoms with Crippen LogP contribution in [0.5, 0.6) is 0 Å². The summed E-state index contributed by atoms with van der Waals surface area (Å²) >= 11 is 0. The van der Waals surface area contributed by atoms with Gasteiger partial charge in [-0.15, -0.1) is 0 Å².